The van der Waals surface area contributed by atoms with Crippen molar-refractivity contribution in [2.75, 3.05) is 11.4 Å². The average Bonchev–Trinajstić information content (AvgIpc) is 2.76. The molecule has 1 aliphatic heterocycles. The van der Waals surface area contributed by atoms with Gasteiger partial charge in [-0.25, -0.2) is 13.1 Å². The standard InChI is InChI=1S/C12H11F3N2O4S/c13-12(14,15)7-16-22(20,21)9-3-1-8(2-4-9)17-10(18)5-6-11(17)19/h1-4,16H,5-7H2. The fraction of sp³-hybridized carbons (Fsp3) is 0.333. The number of alkyl halides is 3. The van der Waals surface area contributed by atoms with E-state index < -0.39 is 34.6 Å². The number of amides is 2. The van der Waals surface area contributed by atoms with Crippen LogP contribution in [-0.2, 0) is 19.6 Å². The van der Waals surface area contributed by atoms with Crippen LogP contribution < -0.4 is 9.62 Å². The first kappa shape index (κ1) is 16.4. The summed E-state index contributed by atoms with van der Waals surface area (Å²) in [5.41, 5.74) is 0.183. The highest BCUT2D eigenvalue weighted by molar-refractivity contribution is 7.89. The van der Waals surface area contributed by atoms with E-state index in [1.54, 1.807) is 0 Å². The molecule has 1 aromatic rings. The number of rotatable bonds is 4. The molecule has 1 N–H and O–H groups in total. The monoisotopic (exact) mass is 336 g/mol. The van der Waals surface area contributed by atoms with Gasteiger partial charge in [0.25, 0.3) is 0 Å². The molecule has 2 rings (SSSR count). The molecule has 10 heteroatoms. The summed E-state index contributed by atoms with van der Waals surface area (Å²) in [4.78, 5) is 23.6. The summed E-state index contributed by atoms with van der Waals surface area (Å²) in [6.45, 7) is -1.68. The van der Waals surface area contributed by atoms with Crippen molar-refractivity contribution in [1.82, 2.24) is 4.72 Å². The second-order valence-corrected chi connectivity index (χ2v) is 6.32. The number of carbonyl (C=O) groups is 2. The van der Waals surface area contributed by atoms with Gasteiger partial charge in [-0.15, -0.1) is 0 Å². The molecule has 0 atom stereocenters. The highest BCUT2D eigenvalue weighted by atomic mass is 32.2. The number of nitrogens with zero attached hydrogens (tertiary/aromatic N) is 1. The summed E-state index contributed by atoms with van der Waals surface area (Å²) in [6.07, 6.45) is -4.51. The molecule has 0 saturated carbocycles. The Morgan fingerprint density at radius 2 is 1.55 bits per heavy atom. The summed E-state index contributed by atoms with van der Waals surface area (Å²) in [5.74, 6) is -0.813. The Hall–Kier alpha value is -1.94. The molecule has 2 amide bonds. The number of nitrogens with one attached hydrogen (secondary N) is 1. The van der Waals surface area contributed by atoms with Crippen LogP contribution in [0.2, 0.25) is 0 Å². The summed E-state index contributed by atoms with van der Waals surface area (Å²) in [6, 6.07) is 4.46. The van der Waals surface area contributed by atoms with Crippen molar-refractivity contribution in [3.05, 3.63) is 24.3 Å². The first-order valence-corrected chi connectivity index (χ1v) is 7.61. The van der Waals surface area contributed by atoms with Crippen molar-refractivity contribution >= 4 is 27.5 Å². The Labute approximate surface area is 124 Å². The second kappa shape index (κ2) is 5.69. The number of sulfonamides is 1. The molecule has 0 unspecified atom stereocenters. The molecule has 120 valence electrons. The van der Waals surface area contributed by atoms with Gasteiger partial charge in [0.1, 0.15) is 6.54 Å². The maximum Gasteiger partial charge on any atom is 0.402 e. The van der Waals surface area contributed by atoms with Crippen LogP contribution in [0.25, 0.3) is 0 Å². The molecule has 22 heavy (non-hydrogen) atoms. The third-order valence-corrected chi connectivity index (χ3v) is 4.34. The van der Waals surface area contributed by atoms with E-state index in [9.17, 15) is 31.2 Å². The molecule has 1 fully saturated rings. The molecular formula is C12H11F3N2O4S. The third kappa shape index (κ3) is 3.63. The van der Waals surface area contributed by atoms with Crippen LogP contribution in [0.3, 0.4) is 0 Å². The van der Waals surface area contributed by atoms with Crippen molar-refractivity contribution in [3.63, 3.8) is 0 Å². The summed E-state index contributed by atoms with van der Waals surface area (Å²) >= 11 is 0. The van der Waals surface area contributed by atoms with E-state index in [-0.39, 0.29) is 23.4 Å². The van der Waals surface area contributed by atoms with Crippen LogP contribution in [0.1, 0.15) is 12.8 Å². The van der Waals surface area contributed by atoms with Gasteiger partial charge in [0.2, 0.25) is 21.8 Å². The van der Waals surface area contributed by atoms with E-state index in [0.717, 1.165) is 17.0 Å². The van der Waals surface area contributed by atoms with E-state index in [0.29, 0.717) is 0 Å². The molecule has 6 nitrogen and oxygen atoms in total. The quantitative estimate of drug-likeness (QED) is 0.837. The van der Waals surface area contributed by atoms with Gasteiger partial charge < -0.3 is 0 Å². The van der Waals surface area contributed by atoms with Gasteiger partial charge in [-0.1, -0.05) is 0 Å². The maximum absolute atomic E-state index is 12.0. The zero-order valence-corrected chi connectivity index (χ0v) is 11.9. The Morgan fingerprint density at radius 1 is 1.05 bits per heavy atom. The van der Waals surface area contributed by atoms with Crippen molar-refractivity contribution in [1.29, 1.82) is 0 Å². The zero-order valence-electron chi connectivity index (χ0n) is 11.1. The van der Waals surface area contributed by atoms with E-state index in [1.165, 1.54) is 16.9 Å². The van der Waals surface area contributed by atoms with E-state index >= 15 is 0 Å². The molecule has 0 aromatic heterocycles. The average molecular weight is 336 g/mol. The maximum atomic E-state index is 12.0. The lowest BCUT2D eigenvalue weighted by atomic mass is 10.3. The van der Waals surface area contributed by atoms with Crippen molar-refractivity contribution in [3.8, 4) is 0 Å². The third-order valence-electron chi connectivity index (χ3n) is 2.92. The molecule has 1 aliphatic rings. The Morgan fingerprint density at radius 3 is 2.00 bits per heavy atom. The van der Waals surface area contributed by atoms with Gasteiger partial charge in [0.15, 0.2) is 0 Å². The van der Waals surface area contributed by atoms with Crippen molar-refractivity contribution in [2.24, 2.45) is 0 Å². The minimum absolute atomic E-state index is 0.0754. The van der Waals surface area contributed by atoms with Crippen LogP contribution in [0.15, 0.2) is 29.2 Å². The number of hydrogen-bond acceptors (Lipinski definition) is 4. The molecular weight excluding hydrogens is 325 g/mol. The van der Waals surface area contributed by atoms with Crippen LogP contribution in [0.4, 0.5) is 18.9 Å². The zero-order chi connectivity index (χ0) is 16.5. The minimum Gasteiger partial charge on any atom is -0.274 e. The molecule has 1 heterocycles. The van der Waals surface area contributed by atoms with E-state index in [2.05, 4.69) is 0 Å². The number of benzene rings is 1. The number of anilines is 1. The van der Waals surface area contributed by atoms with Crippen molar-refractivity contribution < 1.29 is 31.2 Å². The first-order chi connectivity index (χ1) is 10.1. The summed E-state index contributed by atoms with van der Waals surface area (Å²) < 4.78 is 60.9. The van der Waals surface area contributed by atoms with Crippen LogP contribution in [0, 0.1) is 0 Å². The van der Waals surface area contributed by atoms with Gasteiger partial charge in [-0.05, 0) is 24.3 Å². The summed E-state index contributed by atoms with van der Waals surface area (Å²) in [5, 5.41) is 0. The largest absolute Gasteiger partial charge is 0.402 e. The Balaban J connectivity index is 2.18. The predicted octanol–water partition coefficient (Wildman–Crippen LogP) is 1.18. The normalized spacial score (nSPS) is 16.4. The molecule has 0 aliphatic carbocycles. The first-order valence-electron chi connectivity index (χ1n) is 6.12. The van der Waals surface area contributed by atoms with E-state index in [1.807, 2.05) is 0 Å². The van der Waals surface area contributed by atoms with Gasteiger partial charge in [-0.3, -0.25) is 14.5 Å². The van der Waals surface area contributed by atoms with Gasteiger partial charge in [-0.2, -0.15) is 13.2 Å². The lowest BCUT2D eigenvalue weighted by molar-refractivity contribution is -0.122. The van der Waals surface area contributed by atoms with Crippen LogP contribution in [0.5, 0.6) is 0 Å². The number of hydrogen-bond donors (Lipinski definition) is 1. The topological polar surface area (TPSA) is 83.6 Å². The van der Waals surface area contributed by atoms with Gasteiger partial charge in [0.05, 0.1) is 10.6 Å². The lowest BCUT2D eigenvalue weighted by Crippen LogP contribution is -2.33. The lowest BCUT2D eigenvalue weighted by Gasteiger charge is -2.14. The SMILES string of the molecule is O=C1CCC(=O)N1c1ccc(S(=O)(=O)NCC(F)(F)F)cc1. The number of halogens is 3. The van der Waals surface area contributed by atoms with E-state index in [4.69, 9.17) is 0 Å². The molecule has 0 radical (unpaired) electrons. The minimum atomic E-state index is -4.67. The van der Waals surface area contributed by atoms with Crippen molar-refractivity contribution in [2.45, 2.75) is 23.9 Å². The Bertz CT molecular complexity index is 682. The van der Waals surface area contributed by atoms with Crippen LogP contribution >= 0.6 is 0 Å². The predicted molar refractivity (Wildman–Crippen MR) is 69.4 cm³/mol. The highest BCUT2D eigenvalue weighted by Gasteiger charge is 2.32. The number of carbonyl (C=O) groups excluding carboxylic acids is 2. The molecule has 1 saturated heterocycles. The fourth-order valence-electron chi connectivity index (χ4n) is 1.90. The molecule has 1 aromatic carbocycles. The Kier molecular flexibility index (Phi) is 4.25. The summed E-state index contributed by atoms with van der Waals surface area (Å²) in [7, 11) is -4.32. The fourth-order valence-corrected chi connectivity index (χ4v) is 2.91. The van der Waals surface area contributed by atoms with Crippen LogP contribution in [-0.4, -0.2) is 33.0 Å². The number of imide groups is 1. The smallest absolute Gasteiger partial charge is 0.274 e. The highest BCUT2D eigenvalue weighted by Crippen LogP contribution is 2.24. The second-order valence-electron chi connectivity index (χ2n) is 4.56. The van der Waals surface area contributed by atoms with Gasteiger partial charge >= 0.3 is 6.18 Å². The molecule has 0 bridgehead atoms. The molecule has 0 spiro atoms. The van der Waals surface area contributed by atoms with Gasteiger partial charge in [0, 0.05) is 12.8 Å².